The normalized spacial score (nSPS) is 23.6. The van der Waals surface area contributed by atoms with Crippen LogP contribution in [0.1, 0.15) is 13.3 Å². The van der Waals surface area contributed by atoms with Crippen molar-refractivity contribution in [3.63, 3.8) is 0 Å². The van der Waals surface area contributed by atoms with E-state index in [0.29, 0.717) is 13.2 Å². The third kappa shape index (κ3) is 2.71. The lowest BCUT2D eigenvalue weighted by molar-refractivity contribution is -0.136. The summed E-state index contributed by atoms with van der Waals surface area (Å²) in [6.45, 7) is 3.27. The standard InChI is InChI=1S/C8H13NO3/c1-6(10)8(11)4-7-5-12-3-2-9-7/h7,9H,2-5H2,1H3. The smallest absolute Gasteiger partial charge is 0.199 e. The molecule has 1 unspecified atom stereocenters. The fourth-order valence-corrected chi connectivity index (χ4v) is 1.12. The zero-order valence-electron chi connectivity index (χ0n) is 7.13. The van der Waals surface area contributed by atoms with Crippen molar-refractivity contribution in [3.8, 4) is 0 Å². The third-order valence-electron chi connectivity index (χ3n) is 1.82. The molecule has 0 amide bonds. The highest BCUT2D eigenvalue weighted by Crippen LogP contribution is 1.99. The first kappa shape index (κ1) is 9.35. The summed E-state index contributed by atoms with van der Waals surface area (Å²) < 4.78 is 5.14. The second-order valence-electron chi connectivity index (χ2n) is 2.91. The van der Waals surface area contributed by atoms with E-state index in [4.69, 9.17) is 4.74 Å². The molecule has 4 heteroatoms. The minimum Gasteiger partial charge on any atom is -0.378 e. The van der Waals surface area contributed by atoms with Crippen molar-refractivity contribution in [2.24, 2.45) is 0 Å². The van der Waals surface area contributed by atoms with Gasteiger partial charge < -0.3 is 10.1 Å². The van der Waals surface area contributed by atoms with E-state index in [2.05, 4.69) is 5.32 Å². The summed E-state index contributed by atoms with van der Waals surface area (Å²) in [6.07, 6.45) is 0.259. The van der Waals surface area contributed by atoms with E-state index < -0.39 is 0 Å². The summed E-state index contributed by atoms with van der Waals surface area (Å²) in [5.74, 6) is -0.694. The molecule has 1 aliphatic heterocycles. The van der Waals surface area contributed by atoms with Gasteiger partial charge in [0.1, 0.15) is 0 Å². The van der Waals surface area contributed by atoms with E-state index in [1.807, 2.05) is 0 Å². The molecular formula is C8H13NO3. The summed E-state index contributed by atoms with van der Waals surface area (Å²) in [4.78, 5) is 21.6. The zero-order chi connectivity index (χ0) is 8.97. The zero-order valence-corrected chi connectivity index (χ0v) is 7.13. The monoisotopic (exact) mass is 171 g/mol. The van der Waals surface area contributed by atoms with Gasteiger partial charge in [-0.2, -0.15) is 0 Å². The number of rotatable bonds is 3. The van der Waals surface area contributed by atoms with Gasteiger partial charge in [0, 0.05) is 25.9 Å². The van der Waals surface area contributed by atoms with Crippen LogP contribution >= 0.6 is 0 Å². The molecule has 1 N–H and O–H groups in total. The lowest BCUT2D eigenvalue weighted by Crippen LogP contribution is -2.43. The van der Waals surface area contributed by atoms with Gasteiger partial charge in [0.25, 0.3) is 0 Å². The van der Waals surface area contributed by atoms with Crippen LogP contribution < -0.4 is 5.32 Å². The number of hydrogen-bond donors (Lipinski definition) is 1. The van der Waals surface area contributed by atoms with E-state index in [1.54, 1.807) is 0 Å². The molecule has 1 aliphatic rings. The first-order chi connectivity index (χ1) is 5.70. The van der Waals surface area contributed by atoms with Gasteiger partial charge in [-0.1, -0.05) is 0 Å². The number of ether oxygens (including phenoxy) is 1. The Labute approximate surface area is 71.3 Å². The van der Waals surface area contributed by atoms with Crippen molar-refractivity contribution >= 4 is 11.6 Å². The minimum absolute atomic E-state index is 0.0233. The molecule has 1 fully saturated rings. The van der Waals surface area contributed by atoms with Crippen molar-refractivity contribution in [1.29, 1.82) is 0 Å². The van der Waals surface area contributed by atoms with Crippen molar-refractivity contribution < 1.29 is 14.3 Å². The molecular weight excluding hydrogens is 158 g/mol. The van der Waals surface area contributed by atoms with Gasteiger partial charge in [-0.15, -0.1) is 0 Å². The number of Topliss-reactive ketones (excluding diaryl/α,β-unsaturated/α-hetero) is 2. The summed E-state index contributed by atoms with van der Waals surface area (Å²) in [7, 11) is 0. The van der Waals surface area contributed by atoms with Crippen LogP contribution in [0.3, 0.4) is 0 Å². The van der Waals surface area contributed by atoms with E-state index in [9.17, 15) is 9.59 Å². The van der Waals surface area contributed by atoms with Gasteiger partial charge in [0.05, 0.1) is 13.2 Å². The van der Waals surface area contributed by atoms with Crippen molar-refractivity contribution in [3.05, 3.63) is 0 Å². The Kier molecular flexibility index (Phi) is 3.37. The molecule has 0 saturated carbocycles. The molecule has 4 nitrogen and oxygen atoms in total. The van der Waals surface area contributed by atoms with E-state index >= 15 is 0 Å². The lowest BCUT2D eigenvalue weighted by Gasteiger charge is -2.22. The Hall–Kier alpha value is -0.740. The van der Waals surface area contributed by atoms with E-state index in [-0.39, 0.29) is 24.0 Å². The maximum atomic E-state index is 11.0. The number of morpholine rings is 1. The first-order valence-corrected chi connectivity index (χ1v) is 4.05. The van der Waals surface area contributed by atoms with Crippen LogP contribution in [0.2, 0.25) is 0 Å². The second kappa shape index (κ2) is 4.33. The molecule has 1 heterocycles. The van der Waals surface area contributed by atoms with Crippen LogP contribution in [0.25, 0.3) is 0 Å². The Balaban J connectivity index is 2.29. The second-order valence-corrected chi connectivity index (χ2v) is 2.91. The highest BCUT2D eigenvalue weighted by atomic mass is 16.5. The quantitative estimate of drug-likeness (QED) is 0.583. The van der Waals surface area contributed by atoms with Crippen LogP contribution in [-0.2, 0) is 14.3 Å². The molecule has 0 aromatic heterocycles. The van der Waals surface area contributed by atoms with Crippen molar-refractivity contribution in [2.45, 2.75) is 19.4 Å². The summed E-state index contributed by atoms with van der Waals surface area (Å²) in [6, 6.07) is 0.0233. The first-order valence-electron chi connectivity index (χ1n) is 4.05. The summed E-state index contributed by atoms with van der Waals surface area (Å²) in [5, 5.41) is 3.11. The van der Waals surface area contributed by atoms with Gasteiger partial charge in [0.15, 0.2) is 11.6 Å². The fourth-order valence-electron chi connectivity index (χ4n) is 1.12. The van der Waals surface area contributed by atoms with E-state index in [0.717, 1.165) is 6.54 Å². The number of ketones is 2. The number of carbonyl (C=O) groups is 2. The van der Waals surface area contributed by atoms with Crippen LogP contribution in [-0.4, -0.2) is 37.4 Å². The molecule has 0 bridgehead atoms. The van der Waals surface area contributed by atoms with Crippen LogP contribution in [0.15, 0.2) is 0 Å². The fraction of sp³-hybridized carbons (Fsp3) is 0.750. The Bertz CT molecular complexity index is 185. The van der Waals surface area contributed by atoms with E-state index in [1.165, 1.54) is 6.92 Å². The molecule has 0 aromatic carbocycles. The van der Waals surface area contributed by atoms with Crippen molar-refractivity contribution in [1.82, 2.24) is 5.32 Å². The number of carbonyl (C=O) groups excluding carboxylic acids is 2. The molecule has 0 radical (unpaired) electrons. The predicted molar refractivity (Wildman–Crippen MR) is 42.9 cm³/mol. The molecule has 0 aromatic rings. The van der Waals surface area contributed by atoms with Gasteiger partial charge in [0.2, 0.25) is 0 Å². The predicted octanol–water partition coefficient (Wildman–Crippen LogP) is -0.477. The third-order valence-corrected chi connectivity index (χ3v) is 1.82. The van der Waals surface area contributed by atoms with Gasteiger partial charge in [-0.25, -0.2) is 0 Å². The minimum atomic E-state index is -0.373. The summed E-state index contributed by atoms with van der Waals surface area (Å²) >= 11 is 0. The molecule has 12 heavy (non-hydrogen) atoms. The average Bonchev–Trinajstić information content (AvgIpc) is 2.06. The maximum absolute atomic E-state index is 11.0. The van der Waals surface area contributed by atoms with Crippen LogP contribution in [0.5, 0.6) is 0 Å². The molecule has 0 aliphatic carbocycles. The lowest BCUT2D eigenvalue weighted by atomic mass is 10.1. The van der Waals surface area contributed by atoms with Gasteiger partial charge >= 0.3 is 0 Å². The number of hydrogen-bond acceptors (Lipinski definition) is 4. The topological polar surface area (TPSA) is 55.4 Å². The Morgan fingerprint density at radius 1 is 1.58 bits per heavy atom. The molecule has 68 valence electrons. The van der Waals surface area contributed by atoms with Crippen LogP contribution in [0, 0.1) is 0 Å². The Morgan fingerprint density at radius 2 is 2.33 bits per heavy atom. The molecule has 0 spiro atoms. The summed E-state index contributed by atoms with van der Waals surface area (Å²) in [5.41, 5.74) is 0. The van der Waals surface area contributed by atoms with Crippen molar-refractivity contribution in [2.75, 3.05) is 19.8 Å². The average molecular weight is 171 g/mol. The SMILES string of the molecule is CC(=O)C(=O)CC1COCCN1. The van der Waals surface area contributed by atoms with Gasteiger partial charge in [-0.05, 0) is 0 Å². The largest absolute Gasteiger partial charge is 0.378 e. The number of nitrogens with one attached hydrogen (secondary N) is 1. The molecule has 1 saturated heterocycles. The highest BCUT2D eigenvalue weighted by molar-refractivity contribution is 6.36. The van der Waals surface area contributed by atoms with Crippen LogP contribution in [0.4, 0.5) is 0 Å². The van der Waals surface area contributed by atoms with Gasteiger partial charge in [-0.3, -0.25) is 9.59 Å². The maximum Gasteiger partial charge on any atom is 0.199 e. The molecule has 1 rings (SSSR count). The molecule has 1 atom stereocenters. The highest BCUT2D eigenvalue weighted by Gasteiger charge is 2.18. The Morgan fingerprint density at radius 3 is 2.83 bits per heavy atom.